The van der Waals surface area contributed by atoms with Gasteiger partial charge < -0.3 is 19.2 Å². The van der Waals surface area contributed by atoms with Crippen LogP contribution >= 0.6 is 0 Å². The summed E-state index contributed by atoms with van der Waals surface area (Å²) in [7, 11) is 0. The van der Waals surface area contributed by atoms with Crippen molar-refractivity contribution in [2.24, 2.45) is 0 Å². The molecule has 0 saturated heterocycles. The lowest BCUT2D eigenvalue weighted by Crippen LogP contribution is -2.50. The van der Waals surface area contributed by atoms with Crippen molar-refractivity contribution >= 4 is 6.09 Å². The van der Waals surface area contributed by atoms with E-state index in [-0.39, 0.29) is 6.09 Å². The average molecular weight is 331 g/mol. The Labute approximate surface area is 142 Å². The Morgan fingerprint density at radius 3 is 2.67 bits per heavy atom. The number of hydrogen-bond donors (Lipinski definition) is 1. The first-order chi connectivity index (χ1) is 11.2. The van der Waals surface area contributed by atoms with Gasteiger partial charge in [-0.05, 0) is 46.8 Å². The molecule has 0 radical (unpaired) electrons. The number of fused-ring (bicyclic) bond motifs is 1. The first kappa shape index (κ1) is 16.5. The van der Waals surface area contributed by atoms with Crippen molar-refractivity contribution in [1.29, 1.82) is 0 Å². The van der Waals surface area contributed by atoms with Gasteiger partial charge in [-0.25, -0.2) is 4.79 Å². The van der Waals surface area contributed by atoms with Gasteiger partial charge >= 0.3 is 6.09 Å². The number of nitrogens with one attached hydrogen (secondary N) is 1. The van der Waals surface area contributed by atoms with Crippen molar-refractivity contribution in [2.75, 3.05) is 6.54 Å². The van der Waals surface area contributed by atoms with E-state index in [2.05, 4.69) is 19.7 Å². The first-order valence-corrected chi connectivity index (χ1v) is 8.24. The number of aromatic amines is 1. The number of amides is 1. The molecule has 2 aromatic heterocycles. The molecule has 0 saturated carbocycles. The van der Waals surface area contributed by atoms with E-state index in [1.165, 1.54) is 0 Å². The van der Waals surface area contributed by atoms with Gasteiger partial charge in [0, 0.05) is 31.2 Å². The number of hydrogen-bond acceptors (Lipinski definition) is 4. The molecule has 0 aromatic carbocycles. The molecule has 2 aromatic rings. The zero-order valence-electron chi connectivity index (χ0n) is 15.0. The zero-order valence-corrected chi connectivity index (χ0v) is 15.0. The van der Waals surface area contributed by atoms with Crippen LogP contribution < -0.4 is 0 Å². The molecular weight excluding hydrogens is 306 g/mol. The van der Waals surface area contributed by atoms with Crippen LogP contribution in [0.4, 0.5) is 4.79 Å². The van der Waals surface area contributed by atoms with Crippen molar-refractivity contribution in [3.63, 3.8) is 0 Å². The van der Waals surface area contributed by atoms with Gasteiger partial charge in [-0.15, -0.1) is 10.2 Å². The summed E-state index contributed by atoms with van der Waals surface area (Å²) in [5, 5.41) is 8.67. The van der Waals surface area contributed by atoms with E-state index < -0.39 is 11.1 Å². The molecule has 0 atom stereocenters. The Balaban J connectivity index is 1.88. The predicted molar refractivity (Wildman–Crippen MR) is 90.5 cm³/mol. The van der Waals surface area contributed by atoms with Gasteiger partial charge in [-0.2, -0.15) is 0 Å². The van der Waals surface area contributed by atoms with Crippen LogP contribution in [0.2, 0.25) is 0 Å². The van der Waals surface area contributed by atoms with Crippen LogP contribution in [0.25, 0.3) is 11.5 Å². The normalized spacial score (nSPS) is 17.3. The summed E-state index contributed by atoms with van der Waals surface area (Å²) in [5.74, 6) is 1.69. The maximum atomic E-state index is 12.6. The van der Waals surface area contributed by atoms with E-state index in [0.29, 0.717) is 19.5 Å². The molecule has 1 N–H and O–H groups in total. The number of nitrogens with zero attached hydrogens (tertiary/aromatic N) is 4. The zero-order chi connectivity index (χ0) is 17.5. The molecular formula is C17H25N5O2. The third kappa shape index (κ3) is 3.16. The van der Waals surface area contributed by atoms with Crippen molar-refractivity contribution in [1.82, 2.24) is 24.6 Å². The number of ether oxygens (including phenoxy) is 1. The van der Waals surface area contributed by atoms with E-state index >= 15 is 0 Å². The Hall–Kier alpha value is -2.31. The van der Waals surface area contributed by atoms with Crippen LogP contribution in [0.3, 0.4) is 0 Å². The molecule has 0 unspecified atom stereocenters. The van der Waals surface area contributed by atoms with E-state index in [1.54, 1.807) is 4.90 Å². The molecule has 7 heteroatoms. The van der Waals surface area contributed by atoms with Gasteiger partial charge in [0.25, 0.3) is 0 Å². The van der Waals surface area contributed by atoms with Crippen molar-refractivity contribution < 1.29 is 9.53 Å². The second-order valence-corrected chi connectivity index (χ2v) is 7.80. The van der Waals surface area contributed by atoms with Crippen LogP contribution in [0.1, 0.15) is 40.4 Å². The minimum absolute atomic E-state index is 0.285. The van der Waals surface area contributed by atoms with Crippen LogP contribution in [0.15, 0.2) is 18.3 Å². The third-order valence-electron chi connectivity index (χ3n) is 4.15. The number of H-pyrrole nitrogens is 1. The number of rotatable bonds is 1. The Kier molecular flexibility index (Phi) is 3.89. The molecule has 24 heavy (non-hydrogen) atoms. The summed E-state index contributed by atoms with van der Waals surface area (Å²) in [6, 6.07) is 3.91. The molecule has 1 aliphatic rings. The smallest absolute Gasteiger partial charge is 0.410 e. The standard InChI is InChI=1S/C17H25N5O2/c1-16(2,3)24-15(23)22-10-9-21-13(11-17(22,4)5)19-20-14(21)12-7-6-8-18-12/h6-8,18H,9-11H2,1-5H3. The van der Waals surface area contributed by atoms with Gasteiger partial charge in [0.1, 0.15) is 11.4 Å². The second-order valence-electron chi connectivity index (χ2n) is 7.80. The second kappa shape index (κ2) is 5.65. The lowest BCUT2D eigenvalue weighted by molar-refractivity contribution is 0.00409. The number of carbonyl (C=O) groups is 1. The van der Waals surface area contributed by atoms with Crippen LogP contribution in [-0.4, -0.2) is 48.4 Å². The molecule has 7 nitrogen and oxygen atoms in total. The molecule has 0 aliphatic carbocycles. The molecule has 0 fully saturated rings. The minimum Gasteiger partial charge on any atom is -0.444 e. The Morgan fingerprint density at radius 1 is 1.29 bits per heavy atom. The summed E-state index contributed by atoms with van der Waals surface area (Å²) < 4.78 is 7.66. The highest BCUT2D eigenvalue weighted by molar-refractivity contribution is 5.69. The predicted octanol–water partition coefficient (Wildman–Crippen LogP) is 2.85. The first-order valence-electron chi connectivity index (χ1n) is 8.24. The van der Waals surface area contributed by atoms with E-state index in [4.69, 9.17) is 4.74 Å². The molecule has 1 amide bonds. The highest BCUT2D eigenvalue weighted by atomic mass is 16.6. The highest BCUT2D eigenvalue weighted by Crippen LogP contribution is 2.28. The van der Waals surface area contributed by atoms with Crippen LogP contribution in [-0.2, 0) is 17.7 Å². The number of carbonyl (C=O) groups excluding carboxylic acids is 1. The van der Waals surface area contributed by atoms with Gasteiger partial charge in [0.2, 0.25) is 0 Å². The van der Waals surface area contributed by atoms with Gasteiger partial charge in [-0.1, -0.05) is 0 Å². The number of aromatic nitrogens is 4. The monoisotopic (exact) mass is 331 g/mol. The topological polar surface area (TPSA) is 76.0 Å². The average Bonchev–Trinajstić information content (AvgIpc) is 3.04. The maximum absolute atomic E-state index is 12.6. The van der Waals surface area contributed by atoms with Crippen molar-refractivity contribution in [2.45, 2.75) is 58.7 Å². The lowest BCUT2D eigenvalue weighted by Gasteiger charge is -2.37. The summed E-state index contributed by atoms with van der Waals surface area (Å²) in [4.78, 5) is 17.6. The highest BCUT2D eigenvalue weighted by Gasteiger charge is 2.38. The maximum Gasteiger partial charge on any atom is 0.410 e. The molecule has 130 valence electrons. The molecule has 0 spiro atoms. The minimum atomic E-state index is -0.510. The van der Waals surface area contributed by atoms with E-state index in [9.17, 15) is 4.79 Å². The summed E-state index contributed by atoms with van der Waals surface area (Å²) in [5.41, 5.74) is 0.0259. The Morgan fingerprint density at radius 2 is 2.04 bits per heavy atom. The molecule has 0 bridgehead atoms. The van der Waals surface area contributed by atoms with Gasteiger partial charge in [-0.3, -0.25) is 0 Å². The van der Waals surface area contributed by atoms with Crippen molar-refractivity contribution in [3.8, 4) is 11.5 Å². The Bertz CT molecular complexity index is 725. The third-order valence-corrected chi connectivity index (χ3v) is 4.15. The van der Waals surface area contributed by atoms with Gasteiger partial charge in [0.05, 0.1) is 5.69 Å². The summed E-state index contributed by atoms with van der Waals surface area (Å²) >= 11 is 0. The summed E-state index contributed by atoms with van der Waals surface area (Å²) in [6.07, 6.45) is 2.21. The van der Waals surface area contributed by atoms with E-state index in [0.717, 1.165) is 17.3 Å². The lowest BCUT2D eigenvalue weighted by atomic mass is 9.98. The molecule has 1 aliphatic heterocycles. The van der Waals surface area contributed by atoms with Crippen LogP contribution in [0.5, 0.6) is 0 Å². The van der Waals surface area contributed by atoms with Crippen LogP contribution in [0, 0.1) is 0 Å². The SMILES string of the molecule is CC(C)(C)OC(=O)N1CCn2c(nnc2-c2ccc[nH]2)CC1(C)C. The summed E-state index contributed by atoms with van der Waals surface area (Å²) in [6.45, 7) is 10.9. The largest absolute Gasteiger partial charge is 0.444 e. The fourth-order valence-electron chi connectivity index (χ4n) is 3.01. The van der Waals surface area contributed by atoms with Gasteiger partial charge in [0.15, 0.2) is 5.82 Å². The molecule has 3 heterocycles. The fraction of sp³-hybridized carbons (Fsp3) is 0.588. The molecule has 3 rings (SSSR count). The fourth-order valence-corrected chi connectivity index (χ4v) is 3.01. The van der Waals surface area contributed by atoms with Crippen molar-refractivity contribution in [3.05, 3.63) is 24.2 Å². The quantitative estimate of drug-likeness (QED) is 0.872. The van der Waals surface area contributed by atoms with E-state index in [1.807, 2.05) is 52.9 Å².